The van der Waals surface area contributed by atoms with Crippen LogP contribution in [0.3, 0.4) is 0 Å². The van der Waals surface area contributed by atoms with Crippen molar-refractivity contribution in [2.75, 3.05) is 0 Å². The summed E-state index contributed by atoms with van der Waals surface area (Å²) < 4.78 is 0. The maximum Gasteiger partial charge on any atom is 0.277 e. The zero-order valence-corrected chi connectivity index (χ0v) is 10.4. The van der Waals surface area contributed by atoms with Crippen molar-refractivity contribution in [3.05, 3.63) is 73.8 Å². The lowest BCUT2D eigenvalue weighted by Gasteiger charge is -2.02. The van der Waals surface area contributed by atoms with E-state index in [2.05, 4.69) is 0 Å². The van der Waals surface area contributed by atoms with Crippen molar-refractivity contribution >= 4 is 17.2 Å². The molecule has 0 bridgehead atoms. The van der Waals surface area contributed by atoms with E-state index in [0.717, 1.165) is 18.2 Å². The van der Waals surface area contributed by atoms with E-state index in [4.69, 9.17) is 5.11 Å². The van der Waals surface area contributed by atoms with E-state index in [9.17, 15) is 25.0 Å². The van der Waals surface area contributed by atoms with E-state index < -0.39 is 27.0 Å². The average molecular weight is 288 g/mol. The Kier molecular flexibility index (Phi) is 3.61. The number of benzene rings is 2. The quantitative estimate of drug-likeness (QED) is 0.523. The van der Waals surface area contributed by atoms with Gasteiger partial charge in [0.15, 0.2) is 5.78 Å². The van der Waals surface area contributed by atoms with Crippen LogP contribution < -0.4 is 0 Å². The van der Waals surface area contributed by atoms with Gasteiger partial charge >= 0.3 is 0 Å². The predicted molar refractivity (Wildman–Crippen MR) is 71.3 cm³/mol. The standard InChI is InChI=1S/C13H8N2O6/c16-12-3-1-8(2-4-12)13(17)9-5-10(14(18)19)7-11(6-9)15(20)21/h1-7,16H. The summed E-state index contributed by atoms with van der Waals surface area (Å²) in [5.74, 6) is -0.654. The lowest BCUT2D eigenvalue weighted by Crippen LogP contribution is -2.03. The molecule has 2 aromatic carbocycles. The molecule has 1 N–H and O–H groups in total. The summed E-state index contributed by atoms with van der Waals surface area (Å²) in [4.78, 5) is 32.1. The van der Waals surface area contributed by atoms with E-state index >= 15 is 0 Å². The minimum absolute atomic E-state index is 0.0448. The first-order valence-corrected chi connectivity index (χ1v) is 5.66. The lowest BCUT2D eigenvalue weighted by molar-refractivity contribution is -0.394. The molecule has 0 aliphatic carbocycles. The van der Waals surface area contributed by atoms with Crippen LogP contribution in [-0.2, 0) is 0 Å². The second kappa shape index (κ2) is 5.37. The number of hydrogen-bond acceptors (Lipinski definition) is 6. The molecule has 0 saturated carbocycles. The highest BCUT2D eigenvalue weighted by Crippen LogP contribution is 2.24. The molecule has 0 aliphatic heterocycles. The molecule has 0 atom stereocenters. The third-order valence-corrected chi connectivity index (χ3v) is 2.72. The minimum Gasteiger partial charge on any atom is -0.508 e. The van der Waals surface area contributed by atoms with Gasteiger partial charge in [-0.25, -0.2) is 0 Å². The summed E-state index contributed by atoms with van der Waals surface area (Å²) in [7, 11) is 0. The van der Waals surface area contributed by atoms with Crippen LogP contribution in [0.4, 0.5) is 11.4 Å². The first kappa shape index (κ1) is 14.1. The van der Waals surface area contributed by atoms with Gasteiger partial charge in [-0.15, -0.1) is 0 Å². The van der Waals surface area contributed by atoms with E-state index in [0.29, 0.717) is 0 Å². The number of phenolic OH excluding ortho intramolecular Hbond substituents is 1. The molecule has 0 unspecified atom stereocenters. The number of nitro groups is 2. The number of non-ortho nitro benzene ring substituents is 2. The monoisotopic (exact) mass is 288 g/mol. The van der Waals surface area contributed by atoms with Gasteiger partial charge in [-0.2, -0.15) is 0 Å². The number of carbonyl (C=O) groups is 1. The van der Waals surface area contributed by atoms with Crippen LogP contribution in [-0.4, -0.2) is 20.7 Å². The van der Waals surface area contributed by atoms with Gasteiger partial charge in [-0.05, 0) is 24.3 Å². The predicted octanol–water partition coefficient (Wildman–Crippen LogP) is 2.44. The molecule has 2 aromatic rings. The number of phenols is 1. The molecule has 0 heterocycles. The van der Waals surface area contributed by atoms with E-state index in [1.54, 1.807) is 0 Å². The molecule has 0 radical (unpaired) electrons. The Balaban J connectivity index is 2.51. The zero-order valence-electron chi connectivity index (χ0n) is 10.4. The van der Waals surface area contributed by atoms with E-state index in [1.165, 1.54) is 24.3 Å². The Morgan fingerprint density at radius 3 is 1.76 bits per heavy atom. The number of carbonyl (C=O) groups excluding carboxylic acids is 1. The molecule has 106 valence electrons. The van der Waals surface area contributed by atoms with Gasteiger partial charge < -0.3 is 5.11 Å². The molecule has 0 aromatic heterocycles. The summed E-state index contributed by atoms with van der Waals surface area (Å²) in [6.45, 7) is 0. The molecule has 8 heteroatoms. The first-order chi connectivity index (χ1) is 9.88. The smallest absolute Gasteiger partial charge is 0.277 e. The van der Waals surface area contributed by atoms with Crippen LogP contribution in [0.2, 0.25) is 0 Å². The first-order valence-electron chi connectivity index (χ1n) is 5.66. The fraction of sp³-hybridized carbons (Fsp3) is 0. The Morgan fingerprint density at radius 1 is 0.857 bits per heavy atom. The minimum atomic E-state index is -0.805. The summed E-state index contributed by atoms with van der Waals surface area (Å²) >= 11 is 0. The van der Waals surface area contributed by atoms with Crippen molar-refractivity contribution in [2.24, 2.45) is 0 Å². The van der Waals surface area contributed by atoms with Gasteiger partial charge in [-0.3, -0.25) is 25.0 Å². The summed E-state index contributed by atoms with van der Waals surface area (Å²) in [5, 5.41) is 30.7. The third kappa shape index (κ3) is 3.00. The average Bonchev–Trinajstić information content (AvgIpc) is 2.46. The molecule has 0 fully saturated rings. The van der Waals surface area contributed by atoms with Gasteiger partial charge in [0.1, 0.15) is 5.75 Å². The van der Waals surface area contributed by atoms with Crippen molar-refractivity contribution in [3.8, 4) is 5.75 Å². The van der Waals surface area contributed by atoms with E-state index in [-0.39, 0.29) is 16.9 Å². The second-order valence-corrected chi connectivity index (χ2v) is 4.13. The molecule has 0 amide bonds. The lowest BCUT2D eigenvalue weighted by atomic mass is 10.0. The van der Waals surface area contributed by atoms with Crippen LogP contribution >= 0.6 is 0 Å². The highest BCUT2D eigenvalue weighted by Gasteiger charge is 2.20. The Morgan fingerprint density at radius 2 is 1.33 bits per heavy atom. The zero-order chi connectivity index (χ0) is 15.6. The fourth-order valence-corrected chi connectivity index (χ4v) is 1.72. The topological polar surface area (TPSA) is 124 Å². The van der Waals surface area contributed by atoms with E-state index in [1.807, 2.05) is 0 Å². The number of rotatable bonds is 4. The largest absolute Gasteiger partial charge is 0.508 e. The van der Waals surface area contributed by atoms with Gasteiger partial charge in [0.2, 0.25) is 0 Å². The van der Waals surface area contributed by atoms with Crippen LogP contribution in [0.25, 0.3) is 0 Å². The van der Waals surface area contributed by atoms with Crippen LogP contribution in [0.5, 0.6) is 5.75 Å². The number of aromatic hydroxyl groups is 1. The molecule has 21 heavy (non-hydrogen) atoms. The maximum atomic E-state index is 12.2. The number of hydrogen-bond donors (Lipinski definition) is 1. The third-order valence-electron chi connectivity index (χ3n) is 2.72. The molecular formula is C13H8N2O6. The van der Waals surface area contributed by atoms with Gasteiger partial charge in [0.25, 0.3) is 11.4 Å². The molecule has 0 aliphatic rings. The maximum absolute atomic E-state index is 12.2. The van der Waals surface area contributed by atoms with Crippen molar-refractivity contribution in [3.63, 3.8) is 0 Å². The van der Waals surface area contributed by atoms with Crippen LogP contribution in [0.15, 0.2) is 42.5 Å². The second-order valence-electron chi connectivity index (χ2n) is 4.13. The van der Waals surface area contributed by atoms with Crippen molar-refractivity contribution in [2.45, 2.75) is 0 Å². The summed E-state index contributed by atoms with van der Waals surface area (Å²) in [6.07, 6.45) is 0. The molecule has 0 saturated heterocycles. The Bertz CT molecular complexity index is 707. The van der Waals surface area contributed by atoms with Gasteiger partial charge in [0.05, 0.1) is 15.9 Å². The highest BCUT2D eigenvalue weighted by atomic mass is 16.6. The van der Waals surface area contributed by atoms with Crippen LogP contribution in [0.1, 0.15) is 15.9 Å². The number of nitro benzene ring substituents is 2. The number of ketones is 1. The molecule has 2 rings (SSSR count). The molecular weight excluding hydrogens is 280 g/mol. The van der Waals surface area contributed by atoms with Gasteiger partial charge in [-0.1, -0.05) is 0 Å². The fourth-order valence-electron chi connectivity index (χ4n) is 1.72. The van der Waals surface area contributed by atoms with Crippen LogP contribution in [0, 0.1) is 20.2 Å². The van der Waals surface area contributed by atoms with Gasteiger partial charge in [0, 0.05) is 23.3 Å². The summed E-state index contributed by atoms with van der Waals surface area (Å²) in [5.41, 5.74) is -1.08. The highest BCUT2D eigenvalue weighted by molar-refractivity contribution is 6.09. The molecule has 0 spiro atoms. The normalized spacial score (nSPS) is 10.1. The van der Waals surface area contributed by atoms with Crippen molar-refractivity contribution in [1.29, 1.82) is 0 Å². The van der Waals surface area contributed by atoms with Crippen molar-refractivity contribution < 1.29 is 19.7 Å². The van der Waals surface area contributed by atoms with Crippen molar-refractivity contribution in [1.82, 2.24) is 0 Å². The Labute approximate surface area is 117 Å². The SMILES string of the molecule is O=C(c1ccc(O)cc1)c1cc([N+](=O)[O-])cc([N+](=O)[O-])c1. The number of nitrogens with zero attached hydrogens (tertiary/aromatic N) is 2. The summed E-state index contributed by atoms with van der Waals surface area (Å²) in [6, 6.07) is 7.93. The Hall–Kier alpha value is -3.29. The molecule has 8 nitrogen and oxygen atoms in total.